The molecule has 1 aromatic heterocycles. The topological polar surface area (TPSA) is 135 Å². The highest BCUT2D eigenvalue weighted by molar-refractivity contribution is 7.93. The fourth-order valence-corrected chi connectivity index (χ4v) is 10.4. The van der Waals surface area contributed by atoms with Gasteiger partial charge in [0, 0.05) is 41.2 Å². The van der Waals surface area contributed by atoms with Gasteiger partial charge in [0.05, 0.1) is 66.0 Å². The highest BCUT2D eigenvalue weighted by Crippen LogP contribution is 2.35. The number of hydrazone groups is 1. The molecule has 75 heavy (non-hydrogen) atoms. The molecule has 1 aliphatic rings. The first-order chi connectivity index (χ1) is 36.5. The monoisotopic (exact) mass is 1070 g/mol. The van der Waals surface area contributed by atoms with Crippen LogP contribution in [0, 0.1) is 24.2 Å². The van der Waals surface area contributed by atoms with Crippen molar-refractivity contribution in [1.29, 1.82) is 0 Å². The molecule has 0 saturated carbocycles. The molecule has 0 aliphatic carbocycles. The first-order valence-electron chi connectivity index (χ1n) is 25.0. The van der Waals surface area contributed by atoms with Crippen LogP contribution in [0.25, 0.3) is 21.3 Å². The van der Waals surface area contributed by atoms with Crippen LogP contribution in [-0.4, -0.2) is 71.8 Å². The Morgan fingerprint density at radius 3 is 2.20 bits per heavy atom. The number of esters is 1. The van der Waals surface area contributed by atoms with Crippen molar-refractivity contribution in [3.05, 3.63) is 179 Å². The molecule has 8 rings (SSSR count). The van der Waals surface area contributed by atoms with Gasteiger partial charge in [-0.05, 0) is 134 Å². The molecular weight excluding hydrogens is 1010 g/mol. The van der Waals surface area contributed by atoms with Crippen molar-refractivity contribution in [1.82, 2.24) is 4.98 Å². The number of carbonyl (C=O) groups excluding carboxylic acids is 1. The lowest BCUT2D eigenvalue weighted by Gasteiger charge is -2.40. The molecule has 1 fully saturated rings. The molecule has 0 unspecified atom stereocenters. The second-order valence-electron chi connectivity index (χ2n) is 18.2. The normalized spacial score (nSPS) is 12.9. The van der Waals surface area contributed by atoms with Gasteiger partial charge in [-0.1, -0.05) is 109 Å². The third-order valence-electron chi connectivity index (χ3n) is 12.5. The standard InChI is InChI=1S/C60H60ClN3O9S2/c1-4-58(65)72-36-12-35-71-51-26-18-45(19-27-51)17-22-47-23-24-49(38-54(47)61)48-25-32-56(73-40-46-20-28-52(29-21-46)70-34-11-7-6-10-33-68-41-60(5-2)42-69-43-60)50(37-48)39-62-64(59-63-55-13-8-9-14-57(55)74-59)75(66,67)53-30-15-44(3)16-31-53/h4,8-9,13-16,18-21,23-32,37-39H,1,5-7,10-12,33-36,40-43H2,2-3H3/b62-39+. The Bertz CT molecular complexity index is 3200. The van der Waals surface area contributed by atoms with Gasteiger partial charge in [0.25, 0.3) is 10.0 Å². The van der Waals surface area contributed by atoms with Gasteiger partial charge in [0.15, 0.2) is 0 Å². The summed E-state index contributed by atoms with van der Waals surface area (Å²) in [6, 6.07) is 40.6. The van der Waals surface area contributed by atoms with E-state index < -0.39 is 16.0 Å². The molecule has 6 aromatic carbocycles. The highest BCUT2D eigenvalue weighted by Gasteiger charge is 2.37. The first-order valence-corrected chi connectivity index (χ1v) is 27.6. The number of anilines is 1. The van der Waals surface area contributed by atoms with Crippen LogP contribution in [0.3, 0.4) is 0 Å². The quantitative estimate of drug-likeness (QED) is 0.0129. The van der Waals surface area contributed by atoms with Gasteiger partial charge in [-0.3, -0.25) is 0 Å². The first kappa shape index (κ1) is 54.3. The second kappa shape index (κ2) is 26.5. The number of thiazole rings is 1. The van der Waals surface area contributed by atoms with Gasteiger partial charge in [-0.15, -0.1) is 4.41 Å². The van der Waals surface area contributed by atoms with Crippen LogP contribution in [0.4, 0.5) is 5.13 Å². The number of fused-ring (bicyclic) bond motifs is 1. The van der Waals surface area contributed by atoms with Gasteiger partial charge >= 0.3 is 5.97 Å². The number of aromatic nitrogens is 1. The van der Waals surface area contributed by atoms with E-state index >= 15 is 0 Å². The zero-order valence-electron chi connectivity index (χ0n) is 42.2. The molecule has 1 saturated heterocycles. The lowest BCUT2D eigenvalue weighted by molar-refractivity contribution is -0.150. The van der Waals surface area contributed by atoms with E-state index in [9.17, 15) is 13.2 Å². The Balaban J connectivity index is 0.967. The molecular formula is C60H60ClN3O9S2. The smallest absolute Gasteiger partial charge is 0.330 e. The Morgan fingerprint density at radius 1 is 0.813 bits per heavy atom. The molecule has 0 bridgehead atoms. The molecule has 2 heterocycles. The van der Waals surface area contributed by atoms with Crippen molar-refractivity contribution in [2.24, 2.45) is 10.5 Å². The van der Waals surface area contributed by atoms with Crippen molar-refractivity contribution in [2.75, 3.05) is 50.7 Å². The molecule has 0 atom stereocenters. The van der Waals surface area contributed by atoms with Crippen molar-refractivity contribution in [3.8, 4) is 40.2 Å². The van der Waals surface area contributed by atoms with Crippen LogP contribution in [0.5, 0.6) is 17.2 Å². The summed E-state index contributed by atoms with van der Waals surface area (Å²) in [5.41, 5.74) is 6.23. The molecule has 7 aromatic rings. The van der Waals surface area contributed by atoms with E-state index in [0.29, 0.717) is 52.8 Å². The third kappa shape index (κ3) is 15.1. The Hall–Kier alpha value is -6.99. The molecule has 1 aliphatic heterocycles. The van der Waals surface area contributed by atoms with E-state index in [2.05, 4.69) is 30.4 Å². The van der Waals surface area contributed by atoms with Crippen LogP contribution in [0.1, 0.15) is 73.3 Å². The summed E-state index contributed by atoms with van der Waals surface area (Å²) in [7, 11) is -4.22. The Morgan fingerprint density at radius 2 is 1.51 bits per heavy atom. The number of rotatable bonds is 26. The fraction of sp³-hybridized carbons (Fsp3) is 0.283. The summed E-state index contributed by atoms with van der Waals surface area (Å²) >= 11 is 8.11. The van der Waals surface area contributed by atoms with Gasteiger partial charge in [-0.25, -0.2) is 9.78 Å². The van der Waals surface area contributed by atoms with Crippen LogP contribution < -0.4 is 18.6 Å². The van der Waals surface area contributed by atoms with Crippen molar-refractivity contribution in [3.63, 3.8) is 0 Å². The van der Waals surface area contributed by atoms with Gasteiger partial charge in [0.2, 0.25) is 5.13 Å². The van der Waals surface area contributed by atoms with Gasteiger partial charge < -0.3 is 28.4 Å². The van der Waals surface area contributed by atoms with Crippen molar-refractivity contribution < 1.29 is 41.6 Å². The fourth-order valence-electron chi connectivity index (χ4n) is 7.85. The van der Waals surface area contributed by atoms with Gasteiger partial charge in [0.1, 0.15) is 23.9 Å². The number of aryl methyl sites for hydroxylation is 1. The summed E-state index contributed by atoms with van der Waals surface area (Å²) in [5.74, 6) is 7.82. The maximum atomic E-state index is 14.4. The molecule has 388 valence electrons. The highest BCUT2D eigenvalue weighted by atomic mass is 35.5. The Kier molecular flexibility index (Phi) is 19.2. The molecule has 0 amide bonds. The largest absolute Gasteiger partial charge is 0.494 e. The summed E-state index contributed by atoms with van der Waals surface area (Å²) in [5, 5.41) is 5.32. The van der Waals surface area contributed by atoms with Gasteiger partial charge in [-0.2, -0.15) is 13.5 Å². The number of nitrogens with zero attached hydrogens (tertiary/aromatic N) is 3. The minimum absolute atomic E-state index is 0.0738. The van der Waals surface area contributed by atoms with Crippen molar-refractivity contribution >= 4 is 60.5 Å². The minimum atomic E-state index is -4.22. The number of hydrogen-bond donors (Lipinski definition) is 0. The average Bonchev–Trinajstić information content (AvgIpc) is 3.84. The second-order valence-corrected chi connectivity index (χ2v) is 21.3. The molecule has 15 heteroatoms. The molecule has 0 spiro atoms. The minimum Gasteiger partial charge on any atom is -0.494 e. The van der Waals surface area contributed by atoms with Crippen LogP contribution >= 0.6 is 22.9 Å². The Labute approximate surface area is 448 Å². The number of ether oxygens (including phenoxy) is 6. The number of carbonyl (C=O) groups is 1. The summed E-state index contributed by atoms with van der Waals surface area (Å²) in [6.07, 6.45) is 8.42. The molecule has 12 nitrogen and oxygen atoms in total. The predicted molar refractivity (Wildman–Crippen MR) is 298 cm³/mol. The van der Waals surface area contributed by atoms with E-state index in [-0.39, 0.29) is 28.7 Å². The number of halogens is 1. The number of hydrogen-bond acceptors (Lipinski definition) is 12. The maximum Gasteiger partial charge on any atom is 0.330 e. The SMILES string of the molecule is C=CC(=O)OCCCOc1ccc(C#Cc2ccc(-c3ccc(OCc4ccc(OCCCCCCOCC5(CC)COC5)cc4)c(/C=N/N(c4nc5ccccc5s4)S(=O)(=O)c4ccc(C)cc4)c3)cc2Cl)cc1. The van der Waals surface area contributed by atoms with E-state index in [1.54, 1.807) is 24.3 Å². The average molecular weight is 1070 g/mol. The molecule has 0 N–H and O–H groups in total. The van der Waals surface area contributed by atoms with Crippen LogP contribution in [0.15, 0.2) is 156 Å². The van der Waals surface area contributed by atoms with Crippen molar-refractivity contribution in [2.45, 2.75) is 63.9 Å². The van der Waals surface area contributed by atoms with Crippen LogP contribution in [0.2, 0.25) is 5.02 Å². The number of sulfonamides is 1. The summed E-state index contributed by atoms with van der Waals surface area (Å²) in [4.78, 5) is 16.0. The summed E-state index contributed by atoms with van der Waals surface area (Å²) in [6.45, 7) is 12.2. The number of benzene rings is 6. The maximum absolute atomic E-state index is 14.4. The van der Waals surface area contributed by atoms with E-state index in [1.165, 1.54) is 17.6 Å². The van der Waals surface area contributed by atoms with E-state index in [1.807, 2.05) is 116 Å². The zero-order valence-corrected chi connectivity index (χ0v) is 44.6. The third-order valence-corrected chi connectivity index (χ3v) is 15.5. The lowest BCUT2D eigenvalue weighted by Crippen LogP contribution is -2.45. The number of para-hydroxylation sites is 1. The number of unbranched alkanes of at least 4 members (excludes halogenated alkanes) is 3. The van der Waals surface area contributed by atoms with E-state index in [0.717, 1.165) is 107 Å². The predicted octanol–water partition coefficient (Wildman–Crippen LogP) is 13.0. The zero-order chi connectivity index (χ0) is 52.5. The molecule has 0 radical (unpaired) electrons. The van der Waals surface area contributed by atoms with E-state index in [4.69, 9.17) is 45.0 Å². The summed E-state index contributed by atoms with van der Waals surface area (Å²) < 4.78 is 65.3. The van der Waals surface area contributed by atoms with Crippen LogP contribution in [-0.2, 0) is 35.6 Å². The lowest BCUT2D eigenvalue weighted by atomic mass is 9.84.